The summed E-state index contributed by atoms with van der Waals surface area (Å²) in [7, 11) is 1.26. The molecule has 0 spiro atoms. The molecule has 0 unspecified atom stereocenters. The van der Waals surface area contributed by atoms with Crippen molar-refractivity contribution < 1.29 is 23.7 Å². The second kappa shape index (κ2) is 9.59. The molecule has 0 fully saturated rings. The van der Waals surface area contributed by atoms with Gasteiger partial charge in [-0.15, -0.1) is 0 Å². The third-order valence-electron chi connectivity index (χ3n) is 4.27. The van der Waals surface area contributed by atoms with Gasteiger partial charge < -0.3 is 14.5 Å². The average molecular weight is 452 g/mol. The smallest absolute Gasteiger partial charge is 0.337 e. The summed E-state index contributed by atoms with van der Waals surface area (Å²) in [5, 5.41) is 23.0. The van der Waals surface area contributed by atoms with Crippen LogP contribution < -0.4 is 5.32 Å². The number of nitrogens with zero attached hydrogens (tertiary/aromatic N) is 2. The van der Waals surface area contributed by atoms with E-state index in [0.717, 1.165) is 0 Å². The molecule has 2 aromatic carbocycles. The highest BCUT2D eigenvalue weighted by molar-refractivity contribution is 6.32. The number of esters is 1. The van der Waals surface area contributed by atoms with Gasteiger partial charge in [-0.1, -0.05) is 11.6 Å². The predicted molar refractivity (Wildman–Crippen MR) is 116 cm³/mol. The Labute approximate surface area is 186 Å². The molecule has 0 atom stereocenters. The zero-order valence-corrected chi connectivity index (χ0v) is 17.3. The number of benzene rings is 2. The second-order valence-corrected chi connectivity index (χ2v) is 6.73. The molecule has 0 bridgehead atoms. The van der Waals surface area contributed by atoms with Crippen LogP contribution in [0.2, 0.25) is 5.02 Å². The number of anilines is 1. The largest absolute Gasteiger partial charge is 0.465 e. The first-order valence-electron chi connectivity index (χ1n) is 8.98. The minimum absolute atomic E-state index is 0.00604. The van der Waals surface area contributed by atoms with Crippen LogP contribution in [0.25, 0.3) is 17.4 Å². The number of carbonyl (C=O) groups excluding carboxylic acids is 2. The third kappa shape index (κ3) is 5.00. The van der Waals surface area contributed by atoms with Gasteiger partial charge in [0.05, 0.1) is 17.6 Å². The number of halogens is 1. The Bertz CT molecular complexity index is 1270. The van der Waals surface area contributed by atoms with Crippen molar-refractivity contribution in [3.63, 3.8) is 0 Å². The van der Waals surface area contributed by atoms with E-state index in [0.29, 0.717) is 22.6 Å². The Morgan fingerprint density at radius 1 is 1.19 bits per heavy atom. The van der Waals surface area contributed by atoms with Gasteiger partial charge in [-0.05, 0) is 48.5 Å². The van der Waals surface area contributed by atoms with Crippen molar-refractivity contribution in [1.82, 2.24) is 0 Å². The molecule has 0 aliphatic rings. The topological polar surface area (TPSA) is 135 Å². The number of hydrogen-bond donors (Lipinski definition) is 1. The predicted octanol–water partition coefficient (Wildman–Crippen LogP) is 4.84. The first kappa shape index (κ1) is 22.3. The van der Waals surface area contributed by atoms with E-state index >= 15 is 0 Å². The van der Waals surface area contributed by atoms with E-state index in [9.17, 15) is 25.0 Å². The fourth-order valence-corrected chi connectivity index (χ4v) is 2.87. The Hall–Kier alpha value is -4.42. The van der Waals surface area contributed by atoms with Gasteiger partial charge >= 0.3 is 5.97 Å². The van der Waals surface area contributed by atoms with E-state index in [4.69, 9.17) is 16.0 Å². The highest BCUT2D eigenvalue weighted by atomic mass is 35.5. The number of rotatable bonds is 6. The van der Waals surface area contributed by atoms with Gasteiger partial charge in [0.2, 0.25) is 0 Å². The normalized spacial score (nSPS) is 10.8. The molecule has 1 amide bonds. The summed E-state index contributed by atoms with van der Waals surface area (Å²) in [5.74, 6) is -0.698. The molecule has 1 N–H and O–H groups in total. The zero-order valence-electron chi connectivity index (χ0n) is 16.5. The third-order valence-corrected chi connectivity index (χ3v) is 4.59. The highest BCUT2D eigenvalue weighted by Crippen LogP contribution is 2.31. The van der Waals surface area contributed by atoms with Crippen molar-refractivity contribution in [2.75, 3.05) is 12.4 Å². The van der Waals surface area contributed by atoms with Gasteiger partial charge in [-0.25, -0.2) is 4.79 Å². The minimum atomic E-state index is -0.682. The molecule has 0 radical (unpaired) electrons. The van der Waals surface area contributed by atoms with Crippen molar-refractivity contribution in [3.05, 3.63) is 86.6 Å². The van der Waals surface area contributed by atoms with Crippen LogP contribution in [0.4, 0.5) is 11.4 Å². The monoisotopic (exact) mass is 451 g/mol. The summed E-state index contributed by atoms with van der Waals surface area (Å²) < 4.78 is 10.2. The van der Waals surface area contributed by atoms with Crippen molar-refractivity contribution in [2.45, 2.75) is 0 Å². The number of hydrogen-bond acceptors (Lipinski definition) is 7. The average Bonchev–Trinajstić information content (AvgIpc) is 3.26. The summed E-state index contributed by atoms with van der Waals surface area (Å²) in [5.41, 5.74) is 0.594. The van der Waals surface area contributed by atoms with Crippen molar-refractivity contribution in [3.8, 4) is 17.4 Å². The summed E-state index contributed by atoms with van der Waals surface area (Å²) in [6.07, 6.45) is 1.24. The van der Waals surface area contributed by atoms with Crippen LogP contribution in [0.3, 0.4) is 0 Å². The molecule has 0 aliphatic carbocycles. The Morgan fingerprint density at radius 2 is 1.91 bits per heavy atom. The van der Waals surface area contributed by atoms with E-state index in [1.165, 1.54) is 55.7 Å². The lowest BCUT2D eigenvalue weighted by atomic mass is 10.1. The number of nitro benzene ring substituents is 1. The molecule has 3 aromatic rings. The Balaban J connectivity index is 1.78. The molecule has 160 valence electrons. The van der Waals surface area contributed by atoms with Gasteiger partial charge in [0.15, 0.2) is 0 Å². The van der Waals surface area contributed by atoms with Crippen LogP contribution in [0, 0.1) is 21.4 Å². The first-order chi connectivity index (χ1) is 15.3. The number of nitriles is 1. The fraction of sp³-hybridized carbons (Fsp3) is 0.0455. The minimum Gasteiger partial charge on any atom is -0.465 e. The molecule has 3 rings (SSSR count). The van der Waals surface area contributed by atoms with Crippen molar-refractivity contribution in [2.24, 2.45) is 0 Å². The molecule has 0 saturated heterocycles. The SMILES string of the molecule is COC(=O)c1ccc(NC(=O)/C(C#N)=C/c2ccc(-c3ccc(Cl)c([N+](=O)[O-])c3)o2)cc1. The maximum Gasteiger partial charge on any atom is 0.337 e. The summed E-state index contributed by atoms with van der Waals surface area (Å²) in [6.45, 7) is 0. The van der Waals surface area contributed by atoms with Crippen LogP contribution in [0.1, 0.15) is 16.1 Å². The number of carbonyl (C=O) groups is 2. The molecule has 1 aromatic heterocycles. The van der Waals surface area contributed by atoms with Gasteiger partial charge in [0.25, 0.3) is 11.6 Å². The van der Waals surface area contributed by atoms with Crippen molar-refractivity contribution in [1.29, 1.82) is 5.26 Å². The van der Waals surface area contributed by atoms with E-state index in [1.54, 1.807) is 18.2 Å². The molecular formula is C22H14ClN3O6. The quantitative estimate of drug-likeness (QED) is 0.186. The second-order valence-electron chi connectivity index (χ2n) is 6.32. The van der Waals surface area contributed by atoms with E-state index in [1.807, 2.05) is 0 Å². The van der Waals surface area contributed by atoms with Gasteiger partial charge in [-0.2, -0.15) is 5.26 Å². The van der Waals surface area contributed by atoms with Gasteiger partial charge in [-0.3, -0.25) is 14.9 Å². The standard InChI is InChI=1S/C22H14ClN3O6/c1-31-22(28)13-2-5-16(6-3-13)25-21(27)15(12-24)10-17-7-9-20(32-17)14-4-8-18(23)19(11-14)26(29)30/h2-11H,1H3,(H,25,27)/b15-10+. The fourth-order valence-electron chi connectivity index (χ4n) is 2.69. The number of ether oxygens (including phenoxy) is 1. The van der Waals surface area contributed by atoms with E-state index in [-0.39, 0.29) is 22.0 Å². The highest BCUT2D eigenvalue weighted by Gasteiger charge is 2.16. The summed E-state index contributed by atoms with van der Waals surface area (Å²) >= 11 is 5.82. The van der Waals surface area contributed by atoms with Crippen LogP contribution in [0.5, 0.6) is 0 Å². The summed E-state index contributed by atoms with van der Waals surface area (Å²) in [6, 6.07) is 15.0. The zero-order chi connectivity index (χ0) is 23.3. The lowest BCUT2D eigenvalue weighted by Gasteiger charge is -2.05. The van der Waals surface area contributed by atoms with Crippen LogP contribution in [-0.4, -0.2) is 23.9 Å². The van der Waals surface area contributed by atoms with Crippen molar-refractivity contribution >= 4 is 40.9 Å². The van der Waals surface area contributed by atoms with Crippen LogP contribution in [0.15, 0.2) is 64.6 Å². The van der Waals surface area contributed by atoms with Crippen LogP contribution >= 0.6 is 11.6 Å². The van der Waals surface area contributed by atoms with Crippen LogP contribution in [-0.2, 0) is 9.53 Å². The lowest BCUT2D eigenvalue weighted by Crippen LogP contribution is -2.13. The molecule has 32 heavy (non-hydrogen) atoms. The first-order valence-corrected chi connectivity index (χ1v) is 9.36. The lowest BCUT2D eigenvalue weighted by molar-refractivity contribution is -0.384. The Morgan fingerprint density at radius 3 is 2.53 bits per heavy atom. The molecular weight excluding hydrogens is 438 g/mol. The molecule has 0 saturated carbocycles. The maximum atomic E-state index is 12.4. The van der Waals surface area contributed by atoms with E-state index in [2.05, 4.69) is 10.1 Å². The Kier molecular flexibility index (Phi) is 6.68. The number of furan rings is 1. The number of nitro groups is 1. The number of amides is 1. The maximum absolute atomic E-state index is 12.4. The number of nitrogens with one attached hydrogen (secondary N) is 1. The molecule has 9 nitrogen and oxygen atoms in total. The van der Waals surface area contributed by atoms with Gasteiger partial charge in [0.1, 0.15) is 28.2 Å². The number of methoxy groups -OCH3 is 1. The van der Waals surface area contributed by atoms with E-state index < -0.39 is 16.8 Å². The molecule has 0 aliphatic heterocycles. The summed E-state index contributed by atoms with van der Waals surface area (Å²) in [4.78, 5) is 34.4. The van der Waals surface area contributed by atoms with Gasteiger partial charge in [0, 0.05) is 23.4 Å². The molecule has 1 heterocycles. The molecule has 10 heteroatoms.